The van der Waals surface area contributed by atoms with Crippen LogP contribution in [0.25, 0.3) is 10.9 Å². The Hall–Kier alpha value is -0.740. The normalized spacial score (nSPS) is 11.1. The highest BCUT2D eigenvalue weighted by atomic mass is 35.5. The van der Waals surface area contributed by atoms with Gasteiger partial charge in [0.25, 0.3) is 0 Å². The average Bonchev–Trinajstić information content (AvgIpc) is 2.59. The molecule has 1 heterocycles. The third-order valence-electron chi connectivity index (χ3n) is 2.72. The van der Waals surface area contributed by atoms with E-state index in [4.69, 9.17) is 39.5 Å². The summed E-state index contributed by atoms with van der Waals surface area (Å²) in [5.41, 5.74) is 1.19. The van der Waals surface area contributed by atoms with Crippen molar-refractivity contribution in [2.45, 2.75) is 6.54 Å². The maximum Gasteiger partial charge on any atom is 0.153 e. The Bertz CT molecular complexity index is 607. The van der Waals surface area contributed by atoms with Crippen molar-refractivity contribution in [2.24, 2.45) is 0 Å². The molecule has 0 aliphatic carbocycles. The van der Waals surface area contributed by atoms with E-state index in [0.717, 1.165) is 11.8 Å². The first-order valence-electron chi connectivity index (χ1n) is 5.21. The van der Waals surface area contributed by atoms with Gasteiger partial charge in [0.2, 0.25) is 0 Å². The van der Waals surface area contributed by atoms with Crippen LogP contribution in [0.3, 0.4) is 0 Å². The van der Waals surface area contributed by atoms with Gasteiger partial charge < -0.3 is 9.30 Å². The Morgan fingerprint density at radius 1 is 1.28 bits per heavy atom. The number of halogens is 3. The van der Waals surface area contributed by atoms with Crippen LogP contribution in [-0.4, -0.2) is 24.6 Å². The fraction of sp³-hybridized carbons (Fsp3) is 0.250. The van der Waals surface area contributed by atoms with Gasteiger partial charge in [0.05, 0.1) is 27.7 Å². The number of carbonyl (C=O) groups excluding carboxylic acids is 1. The molecule has 0 unspecified atom stereocenters. The molecule has 0 amide bonds. The predicted molar refractivity (Wildman–Crippen MR) is 74.2 cm³/mol. The number of ether oxygens (including phenoxy) is 1. The van der Waals surface area contributed by atoms with Crippen molar-refractivity contribution in [3.05, 3.63) is 32.9 Å². The molecule has 0 radical (unpaired) electrons. The first-order valence-corrected chi connectivity index (χ1v) is 6.34. The third kappa shape index (κ3) is 2.24. The lowest BCUT2D eigenvalue weighted by Gasteiger charge is -2.06. The summed E-state index contributed by atoms with van der Waals surface area (Å²) < 4.78 is 6.80. The monoisotopic (exact) mass is 305 g/mol. The van der Waals surface area contributed by atoms with Crippen LogP contribution >= 0.6 is 34.8 Å². The van der Waals surface area contributed by atoms with Crippen LogP contribution in [0.2, 0.25) is 15.2 Å². The van der Waals surface area contributed by atoms with E-state index < -0.39 is 0 Å². The van der Waals surface area contributed by atoms with Crippen LogP contribution < -0.4 is 0 Å². The largest absolute Gasteiger partial charge is 0.383 e. The van der Waals surface area contributed by atoms with Crippen LogP contribution in [0, 0.1) is 0 Å². The fourth-order valence-corrected chi connectivity index (χ4v) is 2.49. The minimum atomic E-state index is 0.371. The van der Waals surface area contributed by atoms with Gasteiger partial charge in [0, 0.05) is 19.0 Å². The number of nitrogens with zero attached hydrogens (tertiary/aromatic N) is 1. The highest BCUT2D eigenvalue weighted by Gasteiger charge is 2.16. The summed E-state index contributed by atoms with van der Waals surface area (Å²) in [5, 5.41) is 1.89. The van der Waals surface area contributed by atoms with Gasteiger partial charge in [-0.2, -0.15) is 0 Å². The Morgan fingerprint density at radius 2 is 1.94 bits per heavy atom. The van der Waals surface area contributed by atoms with Crippen LogP contribution in [0.15, 0.2) is 12.1 Å². The second-order valence-corrected chi connectivity index (χ2v) is 4.92. The molecular formula is C12H10Cl3NO2. The third-order valence-corrected chi connectivity index (χ3v) is 3.85. The summed E-state index contributed by atoms with van der Waals surface area (Å²) in [4.78, 5) is 11.1. The molecule has 2 aromatic rings. The quantitative estimate of drug-likeness (QED) is 0.798. The Labute approximate surface area is 119 Å². The maximum absolute atomic E-state index is 11.1. The first kappa shape index (κ1) is 13.7. The van der Waals surface area contributed by atoms with Gasteiger partial charge in [0.15, 0.2) is 6.29 Å². The van der Waals surface area contributed by atoms with E-state index in [1.807, 2.05) is 0 Å². The number of benzene rings is 1. The number of aromatic nitrogens is 1. The molecule has 0 aliphatic rings. The summed E-state index contributed by atoms with van der Waals surface area (Å²) in [6.07, 6.45) is 0.720. The molecule has 96 valence electrons. The summed E-state index contributed by atoms with van der Waals surface area (Å²) in [5.74, 6) is 0. The summed E-state index contributed by atoms with van der Waals surface area (Å²) in [7, 11) is 1.60. The second kappa shape index (κ2) is 5.49. The van der Waals surface area contributed by atoms with E-state index in [1.165, 1.54) is 0 Å². The molecule has 3 nitrogen and oxygen atoms in total. The minimum Gasteiger partial charge on any atom is -0.383 e. The van der Waals surface area contributed by atoms with Crippen molar-refractivity contribution in [1.29, 1.82) is 0 Å². The van der Waals surface area contributed by atoms with E-state index in [9.17, 15) is 4.79 Å². The van der Waals surface area contributed by atoms with Crippen molar-refractivity contribution < 1.29 is 9.53 Å². The van der Waals surface area contributed by atoms with Gasteiger partial charge in [0.1, 0.15) is 5.15 Å². The highest BCUT2D eigenvalue weighted by Crippen LogP contribution is 2.34. The summed E-state index contributed by atoms with van der Waals surface area (Å²) in [6, 6.07) is 3.35. The first-order chi connectivity index (χ1) is 8.60. The van der Waals surface area contributed by atoms with Gasteiger partial charge in [-0.25, -0.2) is 0 Å². The lowest BCUT2D eigenvalue weighted by molar-refractivity contribution is 0.112. The highest BCUT2D eigenvalue weighted by molar-refractivity contribution is 6.43. The lowest BCUT2D eigenvalue weighted by Crippen LogP contribution is -2.04. The zero-order valence-corrected chi connectivity index (χ0v) is 11.8. The molecule has 0 fully saturated rings. The minimum absolute atomic E-state index is 0.371. The Balaban J connectivity index is 2.72. The number of hydrogen-bond donors (Lipinski definition) is 0. The molecule has 0 saturated carbocycles. The van der Waals surface area contributed by atoms with Crippen LogP contribution in [0.1, 0.15) is 10.4 Å². The van der Waals surface area contributed by atoms with E-state index in [0.29, 0.717) is 39.3 Å². The zero-order valence-electron chi connectivity index (χ0n) is 9.54. The predicted octanol–water partition coefficient (Wildman–Crippen LogP) is 4.06. The standard InChI is InChI=1S/C12H10Cl3NO2/c1-18-3-2-16-11-5-10(14)9(13)4-7(11)8(6-17)12(16)15/h4-6H,2-3H2,1H3. The Kier molecular flexibility index (Phi) is 4.17. The SMILES string of the molecule is COCCn1c(Cl)c(C=O)c2cc(Cl)c(Cl)cc21. The molecular weight excluding hydrogens is 296 g/mol. The maximum atomic E-state index is 11.1. The van der Waals surface area contributed by atoms with Gasteiger partial charge in [-0.05, 0) is 12.1 Å². The molecule has 0 saturated heterocycles. The van der Waals surface area contributed by atoms with Crippen LogP contribution in [-0.2, 0) is 11.3 Å². The molecule has 0 bridgehead atoms. The lowest BCUT2D eigenvalue weighted by atomic mass is 10.2. The Morgan fingerprint density at radius 3 is 2.56 bits per heavy atom. The van der Waals surface area contributed by atoms with E-state index in [1.54, 1.807) is 23.8 Å². The molecule has 0 aliphatic heterocycles. The molecule has 1 aromatic carbocycles. The summed E-state index contributed by atoms with van der Waals surface area (Å²) in [6.45, 7) is 1.03. The van der Waals surface area contributed by atoms with Crippen molar-refractivity contribution in [3.8, 4) is 0 Å². The van der Waals surface area contributed by atoms with Gasteiger partial charge in [-0.15, -0.1) is 0 Å². The van der Waals surface area contributed by atoms with E-state index in [-0.39, 0.29) is 0 Å². The van der Waals surface area contributed by atoms with Crippen molar-refractivity contribution in [2.75, 3.05) is 13.7 Å². The van der Waals surface area contributed by atoms with Crippen molar-refractivity contribution in [1.82, 2.24) is 4.57 Å². The fourth-order valence-electron chi connectivity index (χ4n) is 1.85. The smallest absolute Gasteiger partial charge is 0.153 e. The molecule has 0 spiro atoms. The number of hydrogen-bond acceptors (Lipinski definition) is 2. The number of rotatable bonds is 4. The zero-order chi connectivity index (χ0) is 13.3. The molecule has 18 heavy (non-hydrogen) atoms. The molecule has 0 N–H and O–H groups in total. The molecule has 1 aromatic heterocycles. The topological polar surface area (TPSA) is 31.2 Å². The molecule has 0 atom stereocenters. The molecule has 6 heteroatoms. The molecule has 2 rings (SSSR count). The van der Waals surface area contributed by atoms with Crippen LogP contribution in [0.5, 0.6) is 0 Å². The van der Waals surface area contributed by atoms with Crippen molar-refractivity contribution in [3.63, 3.8) is 0 Å². The van der Waals surface area contributed by atoms with Gasteiger partial charge in [-0.1, -0.05) is 34.8 Å². The number of fused-ring (bicyclic) bond motifs is 1. The van der Waals surface area contributed by atoms with Gasteiger partial charge >= 0.3 is 0 Å². The summed E-state index contributed by atoms with van der Waals surface area (Å²) >= 11 is 18.1. The number of carbonyl (C=O) groups is 1. The van der Waals surface area contributed by atoms with Crippen LogP contribution in [0.4, 0.5) is 0 Å². The van der Waals surface area contributed by atoms with E-state index >= 15 is 0 Å². The number of methoxy groups -OCH3 is 1. The second-order valence-electron chi connectivity index (χ2n) is 3.75. The van der Waals surface area contributed by atoms with E-state index in [2.05, 4.69) is 0 Å². The van der Waals surface area contributed by atoms with Gasteiger partial charge in [-0.3, -0.25) is 4.79 Å². The average molecular weight is 307 g/mol. The van der Waals surface area contributed by atoms with Crippen molar-refractivity contribution >= 4 is 52.0 Å². The number of aldehydes is 1.